The monoisotopic (exact) mass is 250 g/mol. The van der Waals surface area contributed by atoms with Crippen molar-refractivity contribution in [3.05, 3.63) is 24.2 Å². The number of aryl methyl sites for hydroxylation is 1. The fourth-order valence-electron chi connectivity index (χ4n) is 2.13. The number of carbonyl (C=O) groups is 1. The quantitative estimate of drug-likeness (QED) is 0.809. The second-order valence-corrected chi connectivity index (χ2v) is 5.55. The Balaban J connectivity index is 1.76. The van der Waals surface area contributed by atoms with Crippen molar-refractivity contribution < 1.29 is 9.21 Å². The summed E-state index contributed by atoms with van der Waals surface area (Å²) >= 11 is 0. The molecule has 4 nitrogen and oxygen atoms in total. The molecule has 0 spiro atoms. The molecule has 0 aromatic carbocycles. The summed E-state index contributed by atoms with van der Waals surface area (Å²) in [6.07, 6.45) is 5.50. The van der Waals surface area contributed by atoms with Crippen molar-refractivity contribution in [2.45, 2.75) is 51.1 Å². The summed E-state index contributed by atoms with van der Waals surface area (Å²) in [4.78, 5) is 12.1. The number of nitrogens with two attached hydrogens (primary N) is 1. The van der Waals surface area contributed by atoms with E-state index in [1.807, 2.05) is 26.0 Å². The second-order valence-electron chi connectivity index (χ2n) is 5.55. The number of nitrogens with one attached hydrogen (secondary N) is 1. The van der Waals surface area contributed by atoms with Gasteiger partial charge in [-0.2, -0.15) is 0 Å². The lowest BCUT2D eigenvalue weighted by atomic mass is 9.95. The van der Waals surface area contributed by atoms with Crippen LogP contribution >= 0.6 is 0 Å². The van der Waals surface area contributed by atoms with Crippen LogP contribution in [0.3, 0.4) is 0 Å². The number of hydrogen-bond donors (Lipinski definition) is 2. The maximum Gasteiger partial charge on any atom is 0.240 e. The van der Waals surface area contributed by atoms with E-state index in [1.54, 1.807) is 6.26 Å². The molecule has 1 aliphatic rings. The van der Waals surface area contributed by atoms with E-state index in [4.69, 9.17) is 10.2 Å². The highest BCUT2D eigenvalue weighted by Crippen LogP contribution is 2.38. The minimum Gasteiger partial charge on any atom is -0.469 e. The smallest absolute Gasteiger partial charge is 0.240 e. The molecular formula is C14H22N2O2. The van der Waals surface area contributed by atoms with E-state index in [0.717, 1.165) is 31.4 Å². The number of carbonyl (C=O) groups excluding carboxylic acids is 1. The summed E-state index contributed by atoms with van der Waals surface area (Å²) in [6.45, 7) is 3.84. The average molecular weight is 250 g/mol. The van der Waals surface area contributed by atoms with Crippen molar-refractivity contribution >= 4 is 5.91 Å². The lowest BCUT2D eigenvalue weighted by Crippen LogP contribution is -2.55. The van der Waals surface area contributed by atoms with Crippen LogP contribution in [-0.2, 0) is 11.2 Å². The van der Waals surface area contributed by atoms with Gasteiger partial charge in [0.05, 0.1) is 11.8 Å². The zero-order valence-electron chi connectivity index (χ0n) is 11.1. The molecule has 3 N–H and O–H groups in total. The SMILES string of the molecule is CC(CCc1ccco1)NC(=O)C(C)(N)C1CC1. The highest BCUT2D eigenvalue weighted by Gasteiger charge is 2.44. The lowest BCUT2D eigenvalue weighted by Gasteiger charge is -2.25. The molecule has 2 atom stereocenters. The zero-order valence-corrected chi connectivity index (χ0v) is 11.1. The van der Waals surface area contributed by atoms with E-state index in [2.05, 4.69) is 5.32 Å². The van der Waals surface area contributed by atoms with Crippen LogP contribution in [0.2, 0.25) is 0 Å². The first-order chi connectivity index (χ1) is 8.50. The Hall–Kier alpha value is -1.29. The number of amides is 1. The number of rotatable bonds is 6. The molecule has 18 heavy (non-hydrogen) atoms. The Labute approximate surface area is 108 Å². The first-order valence-corrected chi connectivity index (χ1v) is 6.62. The van der Waals surface area contributed by atoms with Crippen molar-refractivity contribution in [3.63, 3.8) is 0 Å². The van der Waals surface area contributed by atoms with Gasteiger partial charge in [0, 0.05) is 12.5 Å². The Morgan fingerprint density at radius 3 is 2.94 bits per heavy atom. The van der Waals surface area contributed by atoms with Crippen LogP contribution in [0, 0.1) is 5.92 Å². The van der Waals surface area contributed by atoms with E-state index < -0.39 is 5.54 Å². The van der Waals surface area contributed by atoms with Crippen molar-refractivity contribution in [1.29, 1.82) is 0 Å². The minimum atomic E-state index is -0.709. The maximum absolute atomic E-state index is 12.1. The van der Waals surface area contributed by atoms with Crippen LogP contribution in [0.4, 0.5) is 0 Å². The number of furan rings is 1. The van der Waals surface area contributed by atoms with Gasteiger partial charge in [-0.1, -0.05) is 0 Å². The molecule has 1 aromatic heterocycles. The van der Waals surface area contributed by atoms with Gasteiger partial charge in [-0.15, -0.1) is 0 Å². The Bertz CT molecular complexity index is 394. The van der Waals surface area contributed by atoms with Gasteiger partial charge in [0.15, 0.2) is 0 Å². The van der Waals surface area contributed by atoms with Gasteiger partial charge < -0.3 is 15.5 Å². The summed E-state index contributed by atoms with van der Waals surface area (Å²) in [5.41, 5.74) is 5.36. The van der Waals surface area contributed by atoms with Crippen molar-refractivity contribution in [2.24, 2.45) is 11.7 Å². The molecule has 0 aliphatic heterocycles. The third-order valence-electron chi connectivity index (χ3n) is 3.70. The molecule has 1 fully saturated rings. The van der Waals surface area contributed by atoms with Gasteiger partial charge in [0.1, 0.15) is 5.76 Å². The van der Waals surface area contributed by atoms with Crippen molar-refractivity contribution in [2.75, 3.05) is 0 Å². The molecule has 1 aliphatic carbocycles. The molecule has 4 heteroatoms. The molecule has 1 amide bonds. The van der Waals surface area contributed by atoms with Gasteiger partial charge in [-0.3, -0.25) is 4.79 Å². The summed E-state index contributed by atoms with van der Waals surface area (Å²) in [7, 11) is 0. The van der Waals surface area contributed by atoms with E-state index in [-0.39, 0.29) is 11.9 Å². The molecule has 1 heterocycles. The van der Waals surface area contributed by atoms with E-state index in [1.165, 1.54) is 0 Å². The van der Waals surface area contributed by atoms with Crippen LogP contribution in [0.15, 0.2) is 22.8 Å². The van der Waals surface area contributed by atoms with Crippen molar-refractivity contribution in [1.82, 2.24) is 5.32 Å². The van der Waals surface area contributed by atoms with Gasteiger partial charge in [-0.05, 0) is 51.2 Å². The van der Waals surface area contributed by atoms with Gasteiger partial charge in [0.25, 0.3) is 0 Å². The zero-order chi connectivity index (χ0) is 13.2. The van der Waals surface area contributed by atoms with Crippen LogP contribution in [0.25, 0.3) is 0 Å². The minimum absolute atomic E-state index is 0.0306. The maximum atomic E-state index is 12.1. The summed E-state index contributed by atoms with van der Waals surface area (Å²) in [5, 5.41) is 3.00. The van der Waals surface area contributed by atoms with E-state index >= 15 is 0 Å². The second kappa shape index (κ2) is 5.14. The molecule has 0 saturated heterocycles. The van der Waals surface area contributed by atoms with Crippen LogP contribution < -0.4 is 11.1 Å². The molecule has 0 radical (unpaired) electrons. The van der Waals surface area contributed by atoms with Crippen molar-refractivity contribution in [3.8, 4) is 0 Å². The fraction of sp³-hybridized carbons (Fsp3) is 0.643. The fourth-order valence-corrected chi connectivity index (χ4v) is 2.13. The Morgan fingerprint density at radius 1 is 1.67 bits per heavy atom. The van der Waals surface area contributed by atoms with Crippen LogP contribution in [0.1, 0.15) is 38.9 Å². The lowest BCUT2D eigenvalue weighted by molar-refractivity contribution is -0.127. The first kappa shape index (κ1) is 13.1. The summed E-state index contributed by atoms with van der Waals surface area (Å²) in [5.74, 6) is 1.28. The van der Waals surface area contributed by atoms with Gasteiger partial charge in [-0.25, -0.2) is 0 Å². The Kier molecular flexibility index (Phi) is 3.76. The molecule has 2 rings (SSSR count). The molecule has 2 unspecified atom stereocenters. The van der Waals surface area contributed by atoms with E-state index in [0.29, 0.717) is 5.92 Å². The third-order valence-corrected chi connectivity index (χ3v) is 3.70. The first-order valence-electron chi connectivity index (χ1n) is 6.62. The van der Waals surface area contributed by atoms with Crippen LogP contribution in [-0.4, -0.2) is 17.5 Å². The summed E-state index contributed by atoms with van der Waals surface area (Å²) < 4.78 is 5.27. The van der Waals surface area contributed by atoms with Crippen LogP contribution in [0.5, 0.6) is 0 Å². The van der Waals surface area contributed by atoms with Gasteiger partial charge >= 0.3 is 0 Å². The predicted octanol–water partition coefficient (Wildman–Crippen LogP) is 1.84. The molecule has 100 valence electrons. The number of hydrogen-bond acceptors (Lipinski definition) is 3. The molecule has 0 bridgehead atoms. The standard InChI is InChI=1S/C14H22N2O2/c1-10(5-8-12-4-3-9-18-12)16-13(17)14(2,15)11-6-7-11/h3-4,9-11H,5-8,15H2,1-2H3,(H,16,17). The van der Waals surface area contributed by atoms with E-state index in [9.17, 15) is 4.79 Å². The third kappa shape index (κ3) is 3.13. The molecular weight excluding hydrogens is 228 g/mol. The largest absolute Gasteiger partial charge is 0.469 e. The van der Waals surface area contributed by atoms with Gasteiger partial charge in [0.2, 0.25) is 5.91 Å². The average Bonchev–Trinajstić information content (AvgIpc) is 3.05. The summed E-state index contributed by atoms with van der Waals surface area (Å²) in [6, 6.07) is 3.94. The molecule has 1 saturated carbocycles. The Morgan fingerprint density at radius 2 is 2.39 bits per heavy atom. The normalized spacial score (nSPS) is 20.2. The highest BCUT2D eigenvalue weighted by atomic mass is 16.3. The topological polar surface area (TPSA) is 68.3 Å². The molecule has 1 aromatic rings. The highest BCUT2D eigenvalue weighted by molar-refractivity contribution is 5.86. The predicted molar refractivity (Wildman–Crippen MR) is 70.0 cm³/mol.